The van der Waals surface area contributed by atoms with Crippen molar-refractivity contribution in [2.24, 2.45) is 5.73 Å². The third-order valence-electron chi connectivity index (χ3n) is 2.51. The van der Waals surface area contributed by atoms with Crippen molar-refractivity contribution in [1.82, 2.24) is 4.90 Å². The number of aryl methyl sites for hydroxylation is 1. The molecule has 0 unspecified atom stereocenters. The van der Waals surface area contributed by atoms with Gasteiger partial charge in [0, 0.05) is 0 Å². The second-order valence-corrected chi connectivity index (χ2v) is 4.31. The number of nitrogens with two attached hydrogens (primary N) is 1. The zero-order valence-electron chi connectivity index (χ0n) is 11.1. The Balaban J connectivity index is 2.69. The number of primary amides is 1. The minimum absolute atomic E-state index is 0.348. The summed E-state index contributed by atoms with van der Waals surface area (Å²) in [5.74, 6) is 0.873. The molecule has 0 radical (unpaired) electrons. The van der Waals surface area contributed by atoms with Gasteiger partial charge in [0.15, 0.2) is 11.5 Å². The largest absolute Gasteiger partial charge is 0.493 e. The van der Waals surface area contributed by atoms with E-state index in [2.05, 4.69) is 4.90 Å². The lowest BCUT2D eigenvalue weighted by Gasteiger charge is -2.11. The molecule has 0 aliphatic heterocycles. The van der Waals surface area contributed by atoms with Crippen molar-refractivity contribution in [3.63, 3.8) is 0 Å². The summed E-state index contributed by atoms with van der Waals surface area (Å²) in [5.41, 5.74) is 6.12. The summed E-state index contributed by atoms with van der Waals surface area (Å²) in [6.45, 7) is 1.03. The van der Waals surface area contributed by atoms with Crippen molar-refractivity contribution in [2.45, 2.75) is 12.8 Å². The Morgan fingerprint density at radius 3 is 2.61 bits per heavy atom. The summed E-state index contributed by atoms with van der Waals surface area (Å²) in [4.78, 5) is 12.8. The number of ether oxygens (including phenoxy) is 2. The predicted molar refractivity (Wildman–Crippen MR) is 70.1 cm³/mol. The van der Waals surface area contributed by atoms with Gasteiger partial charge in [-0.1, -0.05) is 6.07 Å². The maximum absolute atomic E-state index is 10.7. The number of rotatable bonds is 6. The Labute approximate surface area is 107 Å². The van der Waals surface area contributed by atoms with E-state index in [1.807, 2.05) is 26.2 Å². The molecule has 0 spiro atoms. The van der Waals surface area contributed by atoms with E-state index < -0.39 is 6.09 Å². The third kappa shape index (κ3) is 4.63. The maximum atomic E-state index is 10.7. The van der Waals surface area contributed by atoms with Crippen LogP contribution in [0.3, 0.4) is 0 Å². The first-order valence-electron chi connectivity index (χ1n) is 5.82. The molecule has 1 amide bonds. The monoisotopic (exact) mass is 252 g/mol. The van der Waals surface area contributed by atoms with Crippen LogP contribution in [0.15, 0.2) is 18.2 Å². The summed E-state index contributed by atoms with van der Waals surface area (Å²) < 4.78 is 10.0. The van der Waals surface area contributed by atoms with Crippen LogP contribution in [0.4, 0.5) is 4.79 Å². The summed E-state index contributed by atoms with van der Waals surface area (Å²) >= 11 is 0. The fourth-order valence-electron chi connectivity index (χ4n) is 1.66. The van der Waals surface area contributed by atoms with E-state index in [0.29, 0.717) is 11.5 Å². The Bertz CT molecular complexity index is 405. The average Bonchev–Trinajstić information content (AvgIpc) is 2.29. The van der Waals surface area contributed by atoms with Crippen LogP contribution in [-0.4, -0.2) is 38.7 Å². The third-order valence-corrected chi connectivity index (χ3v) is 2.51. The second-order valence-electron chi connectivity index (χ2n) is 4.31. The molecule has 0 heterocycles. The Hall–Kier alpha value is -1.75. The standard InChI is InChI=1S/C13H20N2O3/c1-15(2)8-4-5-10-6-7-11(18-13(14)16)12(9-10)17-3/h6-7,9H,4-5,8H2,1-3H3,(H2,14,16). The number of nitrogens with zero attached hydrogens (tertiary/aromatic N) is 1. The number of amides is 1. The van der Waals surface area contributed by atoms with Gasteiger partial charge in [-0.3, -0.25) is 0 Å². The van der Waals surface area contributed by atoms with Crippen LogP contribution in [0.1, 0.15) is 12.0 Å². The van der Waals surface area contributed by atoms with Crippen LogP contribution in [0.2, 0.25) is 0 Å². The van der Waals surface area contributed by atoms with Crippen LogP contribution in [0, 0.1) is 0 Å². The van der Waals surface area contributed by atoms with Gasteiger partial charge < -0.3 is 20.1 Å². The van der Waals surface area contributed by atoms with E-state index in [0.717, 1.165) is 24.9 Å². The first-order valence-corrected chi connectivity index (χ1v) is 5.82. The van der Waals surface area contributed by atoms with Gasteiger partial charge in [0.1, 0.15) is 0 Å². The van der Waals surface area contributed by atoms with Gasteiger partial charge in [-0.15, -0.1) is 0 Å². The molecule has 5 heteroatoms. The molecule has 100 valence electrons. The number of hydrogen-bond acceptors (Lipinski definition) is 4. The summed E-state index contributed by atoms with van der Waals surface area (Å²) in [6, 6.07) is 5.49. The number of hydrogen-bond donors (Lipinski definition) is 1. The fourth-order valence-corrected chi connectivity index (χ4v) is 1.66. The second kappa shape index (κ2) is 6.86. The number of carbonyl (C=O) groups excluding carboxylic acids is 1. The normalized spacial score (nSPS) is 10.4. The number of benzene rings is 1. The zero-order chi connectivity index (χ0) is 13.5. The molecule has 1 rings (SSSR count). The summed E-state index contributed by atoms with van der Waals surface area (Å²) in [7, 11) is 5.63. The lowest BCUT2D eigenvalue weighted by Crippen LogP contribution is -2.16. The fraction of sp³-hybridized carbons (Fsp3) is 0.462. The lowest BCUT2D eigenvalue weighted by atomic mass is 10.1. The van der Waals surface area contributed by atoms with Gasteiger partial charge in [-0.25, -0.2) is 4.79 Å². The van der Waals surface area contributed by atoms with Crippen molar-refractivity contribution in [2.75, 3.05) is 27.7 Å². The van der Waals surface area contributed by atoms with Crippen LogP contribution >= 0.6 is 0 Å². The van der Waals surface area contributed by atoms with Crippen molar-refractivity contribution in [3.8, 4) is 11.5 Å². The molecule has 5 nitrogen and oxygen atoms in total. The smallest absolute Gasteiger partial charge is 0.410 e. The molecule has 0 atom stereocenters. The molecule has 0 saturated heterocycles. The van der Waals surface area contributed by atoms with Crippen molar-refractivity contribution < 1.29 is 14.3 Å². The molecule has 2 N–H and O–H groups in total. The molecule has 0 aromatic heterocycles. The van der Waals surface area contributed by atoms with Crippen LogP contribution in [0.25, 0.3) is 0 Å². The molecule has 0 bridgehead atoms. The summed E-state index contributed by atoms with van der Waals surface area (Å²) in [6.07, 6.45) is 1.17. The minimum Gasteiger partial charge on any atom is -0.493 e. The van der Waals surface area contributed by atoms with Crippen molar-refractivity contribution in [1.29, 1.82) is 0 Å². The SMILES string of the molecule is COc1cc(CCCN(C)C)ccc1OC(N)=O. The molecule has 0 saturated carbocycles. The van der Waals surface area contributed by atoms with Crippen molar-refractivity contribution in [3.05, 3.63) is 23.8 Å². The highest BCUT2D eigenvalue weighted by Crippen LogP contribution is 2.28. The van der Waals surface area contributed by atoms with Crippen LogP contribution in [0.5, 0.6) is 11.5 Å². The van der Waals surface area contributed by atoms with E-state index in [-0.39, 0.29) is 0 Å². The Morgan fingerprint density at radius 2 is 2.06 bits per heavy atom. The van der Waals surface area contributed by atoms with Crippen LogP contribution < -0.4 is 15.2 Å². The number of methoxy groups -OCH3 is 1. The van der Waals surface area contributed by atoms with Gasteiger partial charge >= 0.3 is 6.09 Å². The highest BCUT2D eigenvalue weighted by atomic mass is 16.6. The van der Waals surface area contributed by atoms with Gasteiger partial charge in [-0.05, 0) is 51.2 Å². The van der Waals surface area contributed by atoms with E-state index >= 15 is 0 Å². The maximum Gasteiger partial charge on any atom is 0.410 e. The molecule has 18 heavy (non-hydrogen) atoms. The predicted octanol–water partition coefficient (Wildman–Crippen LogP) is 1.65. The highest BCUT2D eigenvalue weighted by Gasteiger charge is 2.08. The van der Waals surface area contributed by atoms with E-state index in [1.54, 1.807) is 6.07 Å². The molecule has 1 aromatic carbocycles. The average molecular weight is 252 g/mol. The van der Waals surface area contributed by atoms with E-state index in [1.165, 1.54) is 7.11 Å². The molecular weight excluding hydrogens is 232 g/mol. The van der Waals surface area contributed by atoms with Gasteiger partial charge in [0.05, 0.1) is 7.11 Å². The topological polar surface area (TPSA) is 64.8 Å². The van der Waals surface area contributed by atoms with Crippen molar-refractivity contribution >= 4 is 6.09 Å². The summed E-state index contributed by atoms with van der Waals surface area (Å²) in [5, 5.41) is 0. The molecule has 0 aliphatic rings. The molecule has 1 aromatic rings. The van der Waals surface area contributed by atoms with E-state index in [9.17, 15) is 4.79 Å². The first-order chi connectivity index (χ1) is 8.52. The van der Waals surface area contributed by atoms with Crippen LogP contribution in [-0.2, 0) is 6.42 Å². The minimum atomic E-state index is -0.839. The lowest BCUT2D eigenvalue weighted by molar-refractivity contribution is 0.208. The number of carbonyl (C=O) groups is 1. The molecule has 0 aliphatic carbocycles. The van der Waals surface area contributed by atoms with E-state index in [4.69, 9.17) is 15.2 Å². The Morgan fingerprint density at radius 1 is 1.33 bits per heavy atom. The molecular formula is C13H20N2O3. The molecule has 0 fully saturated rings. The van der Waals surface area contributed by atoms with Gasteiger partial charge in [0.25, 0.3) is 0 Å². The van der Waals surface area contributed by atoms with Gasteiger partial charge in [0.2, 0.25) is 0 Å². The zero-order valence-corrected chi connectivity index (χ0v) is 11.1. The van der Waals surface area contributed by atoms with Gasteiger partial charge in [-0.2, -0.15) is 0 Å². The Kier molecular flexibility index (Phi) is 5.45. The highest BCUT2D eigenvalue weighted by molar-refractivity contribution is 5.69. The quantitative estimate of drug-likeness (QED) is 0.836. The first kappa shape index (κ1) is 14.3.